The van der Waals surface area contributed by atoms with E-state index in [0.717, 1.165) is 0 Å². The molecule has 0 unspecified atom stereocenters. The Morgan fingerprint density at radius 1 is 1.16 bits per heavy atom. The van der Waals surface area contributed by atoms with Gasteiger partial charge >= 0.3 is 12.0 Å². The zero-order chi connectivity index (χ0) is 18.2. The summed E-state index contributed by atoms with van der Waals surface area (Å²) in [4.78, 5) is 20.4. The minimum absolute atomic E-state index is 0.174. The molecule has 2 aromatic rings. The van der Waals surface area contributed by atoms with E-state index in [1.165, 1.54) is 13.3 Å². The van der Waals surface area contributed by atoms with E-state index in [0.29, 0.717) is 35.4 Å². The first-order valence-electron chi connectivity index (χ1n) is 7.61. The normalized spacial score (nSPS) is 10.1. The van der Waals surface area contributed by atoms with E-state index in [9.17, 15) is 4.79 Å². The van der Waals surface area contributed by atoms with Gasteiger partial charge in [-0.1, -0.05) is 11.6 Å². The maximum Gasteiger partial charge on any atom is 0.323 e. The number of amides is 2. The number of methoxy groups -OCH3 is 1. The largest absolute Gasteiger partial charge is 0.495 e. The third-order valence-electron chi connectivity index (χ3n) is 2.94. The van der Waals surface area contributed by atoms with Crippen molar-refractivity contribution in [2.24, 2.45) is 0 Å². The number of hydrogen-bond acceptors (Lipinski definition) is 6. The molecule has 0 aliphatic rings. The van der Waals surface area contributed by atoms with Gasteiger partial charge in [0.1, 0.15) is 11.4 Å². The summed E-state index contributed by atoms with van der Waals surface area (Å²) >= 11 is 5.95. The van der Waals surface area contributed by atoms with Crippen LogP contribution in [0.5, 0.6) is 17.6 Å². The number of urea groups is 1. The molecule has 8 nitrogen and oxygen atoms in total. The van der Waals surface area contributed by atoms with Gasteiger partial charge in [-0.05, 0) is 32.0 Å². The summed E-state index contributed by atoms with van der Waals surface area (Å²) in [7, 11) is 1.50. The van der Waals surface area contributed by atoms with Crippen LogP contribution in [0.4, 0.5) is 16.2 Å². The summed E-state index contributed by atoms with van der Waals surface area (Å²) < 4.78 is 15.8. The van der Waals surface area contributed by atoms with E-state index in [-0.39, 0.29) is 11.9 Å². The Kier molecular flexibility index (Phi) is 6.64. The van der Waals surface area contributed by atoms with Gasteiger partial charge in [-0.3, -0.25) is 0 Å². The van der Waals surface area contributed by atoms with Crippen molar-refractivity contribution in [3.05, 3.63) is 29.4 Å². The maximum absolute atomic E-state index is 12.3. The van der Waals surface area contributed by atoms with Gasteiger partial charge in [0.2, 0.25) is 5.88 Å². The molecule has 0 saturated heterocycles. The van der Waals surface area contributed by atoms with Crippen LogP contribution in [0, 0.1) is 0 Å². The molecule has 0 spiro atoms. The molecule has 0 atom stereocenters. The highest BCUT2D eigenvalue weighted by Crippen LogP contribution is 2.28. The van der Waals surface area contributed by atoms with Gasteiger partial charge in [0.25, 0.3) is 0 Å². The zero-order valence-electron chi connectivity index (χ0n) is 14.1. The van der Waals surface area contributed by atoms with Crippen molar-refractivity contribution in [3.63, 3.8) is 0 Å². The van der Waals surface area contributed by atoms with E-state index in [1.807, 2.05) is 13.8 Å². The first-order valence-corrected chi connectivity index (χ1v) is 7.99. The van der Waals surface area contributed by atoms with Gasteiger partial charge in [-0.15, -0.1) is 0 Å². The lowest BCUT2D eigenvalue weighted by Gasteiger charge is -2.13. The molecule has 0 bridgehead atoms. The Bertz CT molecular complexity index is 742. The Morgan fingerprint density at radius 2 is 1.88 bits per heavy atom. The van der Waals surface area contributed by atoms with Gasteiger partial charge in [0.05, 0.1) is 32.2 Å². The monoisotopic (exact) mass is 366 g/mol. The molecule has 0 radical (unpaired) electrons. The molecule has 0 fully saturated rings. The Labute approximate surface area is 150 Å². The number of rotatable bonds is 7. The topological polar surface area (TPSA) is 94.6 Å². The Hall–Kier alpha value is -2.74. The smallest absolute Gasteiger partial charge is 0.323 e. The maximum atomic E-state index is 12.3. The minimum Gasteiger partial charge on any atom is -0.495 e. The molecular formula is C16H19ClN4O4. The number of carbonyl (C=O) groups excluding carboxylic acids is 1. The highest BCUT2D eigenvalue weighted by molar-refractivity contribution is 6.31. The summed E-state index contributed by atoms with van der Waals surface area (Å²) in [6, 6.07) is 4.56. The Balaban J connectivity index is 2.16. The van der Waals surface area contributed by atoms with Gasteiger partial charge in [0, 0.05) is 5.02 Å². The second-order valence-corrected chi connectivity index (χ2v) is 5.10. The van der Waals surface area contributed by atoms with Crippen molar-refractivity contribution in [1.29, 1.82) is 0 Å². The molecular weight excluding hydrogens is 348 g/mol. The number of nitrogens with zero attached hydrogens (tertiary/aromatic N) is 2. The van der Waals surface area contributed by atoms with E-state index < -0.39 is 6.03 Å². The van der Waals surface area contributed by atoms with E-state index >= 15 is 0 Å². The zero-order valence-corrected chi connectivity index (χ0v) is 14.9. The molecule has 0 aliphatic carbocycles. The molecule has 0 saturated carbocycles. The summed E-state index contributed by atoms with van der Waals surface area (Å²) in [6.07, 6.45) is 1.41. The van der Waals surface area contributed by atoms with Crippen LogP contribution in [-0.4, -0.2) is 36.3 Å². The average molecular weight is 367 g/mol. The van der Waals surface area contributed by atoms with Crippen molar-refractivity contribution in [1.82, 2.24) is 9.97 Å². The Morgan fingerprint density at radius 3 is 2.56 bits per heavy atom. The quantitative estimate of drug-likeness (QED) is 0.777. The SMILES string of the molecule is CCOc1ncc(NC(=O)Nc2cc(Cl)ccc2OC)c(OCC)n1. The summed E-state index contributed by atoms with van der Waals surface area (Å²) in [5.41, 5.74) is 0.737. The van der Waals surface area contributed by atoms with Gasteiger partial charge in [-0.25, -0.2) is 9.78 Å². The fourth-order valence-corrected chi connectivity index (χ4v) is 2.11. The second kappa shape index (κ2) is 8.93. The number of halogens is 1. The summed E-state index contributed by atoms with van der Waals surface area (Å²) in [6.45, 7) is 4.43. The number of nitrogens with one attached hydrogen (secondary N) is 2. The van der Waals surface area contributed by atoms with E-state index in [1.54, 1.807) is 18.2 Å². The molecule has 9 heteroatoms. The van der Waals surface area contributed by atoms with Crippen LogP contribution in [0.25, 0.3) is 0 Å². The van der Waals surface area contributed by atoms with Gasteiger partial charge < -0.3 is 24.8 Å². The molecule has 2 amide bonds. The van der Waals surface area contributed by atoms with Crippen molar-refractivity contribution in [2.45, 2.75) is 13.8 Å². The lowest BCUT2D eigenvalue weighted by molar-refractivity contribution is 0.261. The molecule has 2 N–H and O–H groups in total. The average Bonchev–Trinajstić information content (AvgIpc) is 2.58. The van der Waals surface area contributed by atoms with Crippen LogP contribution < -0.4 is 24.8 Å². The molecule has 2 rings (SSSR count). The minimum atomic E-state index is -0.519. The predicted molar refractivity (Wildman–Crippen MR) is 95.0 cm³/mol. The number of hydrogen-bond donors (Lipinski definition) is 2. The van der Waals surface area contributed by atoms with Gasteiger partial charge in [0.15, 0.2) is 0 Å². The van der Waals surface area contributed by atoms with Crippen molar-refractivity contribution < 1.29 is 19.0 Å². The number of benzene rings is 1. The first-order chi connectivity index (χ1) is 12.1. The fraction of sp³-hybridized carbons (Fsp3) is 0.312. The van der Waals surface area contributed by atoms with Crippen LogP contribution in [0.15, 0.2) is 24.4 Å². The van der Waals surface area contributed by atoms with Gasteiger partial charge in [-0.2, -0.15) is 4.98 Å². The summed E-state index contributed by atoms with van der Waals surface area (Å²) in [5.74, 6) is 0.696. The first kappa shape index (κ1) is 18.6. The predicted octanol–water partition coefficient (Wildman–Crippen LogP) is 3.58. The molecule has 25 heavy (non-hydrogen) atoms. The molecule has 1 heterocycles. The van der Waals surface area contributed by atoms with Crippen molar-refractivity contribution >= 4 is 29.0 Å². The lowest BCUT2D eigenvalue weighted by atomic mass is 10.3. The highest BCUT2D eigenvalue weighted by Gasteiger charge is 2.14. The van der Waals surface area contributed by atoms with Crippen molar-refractivity contribution in [3.8, 4) is 17.6 Å². The molecule has 0 aliphatic heterocycles. The van der Waals surface area contributed by atoms with E-state index in [4.69, 9.17) is 25.8 Å². The highest BCUT2D eigenvalue weighted by atomic mass is 35.5. The van der Waals surface area contributed by atoms with Crippen LogP contribution in [0.1, 0.15) is 13.8 Å². The third kappa shape index (κ3) is 5.12. The number of ether oxygens (including phenoxy) is 3. The fourth-order valence-electron chi connectivity index (χ4n) is 1.94. The number of anilines is 2. The lowest BCUT2D eigenvalue weighted by Crippen LogP contribution is -2.21. The third-order valence-corrected chi connectivity index (χ3v) is 3.18. The van der Waals surface area contributed by atoms with Crippen LogP contribution in [0.2, 0.25) is 5.02 Å². The van der Waals surface area contributed by atoms with Crippen LogP contribution >= 0.6 is 11.6 Å². The molecule has 1 aromatic heterocycles. The van der Waals surface area contributed by atoms with Crippen LogP contribution in [0.3, 0.4) is 0 Å². The number of carbonyl (C=O) groups is 1. The van der Waals surface area contributed by atoms with E-state index in [2.05, 4.69) is 20.6 Å². The standard InChI is InChI=1S/C16H19ClN4O4/c1-4-24-14-12(9-18-16(21-14)25-5-2)20-15(22)19-11-8-10(17)6-7-13(11)23-3/h6-9H,4-5H2,1-3H3,(H2,19,20,22). The number of aromatic nitrogens is 2. The second-order valence-electron chi connectivity index (χ2n) is 4.66. The summed E-state index contributed by atoms with van der Waals surface area (Å²) in [5, 5.41) is 5.76. The molecule has 1 aromatic carbocycles. The van der Waals surface area contributed by atoms with Crippen LogP contribution in [-0.2, 0) is 0 Å². The van der Waals surface area contributed by atoms with Crippen molar-refractivity contribution in [2.75, 3.05) is 31.0 Å². The molecule has 134 valence electrons.